The molecule has 2 amide bonds. The first kappa shape index (κ1) is 14.2. The third-order valence-corrected chi connectivity index (χ3v) is 2.51. The Morgan fingerprint density at radius 3 is 2.44 bits per heavy atom. The molecule has 0 saturated carbocycles. The van der Waals surface area contributed by atoms with E-state index in [9.17, 15) is 9.59 Å². The third-order valence-electron chi connectivity index (χ3n) is 2.51. The van der Waals surface area contributed by atoms with Gasteiger partial charge in [-0.15, -0.1) is 0 Å². The van der Waals surface area contributed by atoms with Gasteiger partial charge >= 0.3 is 0 Å². The zero-order valence-electron chi connectivity index (χ0n) is 11.1. The number of hydrogen-bond donors (Lipinski definition) is 2. The van der Waals surface area contributed by atoms with Gasteiger partial charge < -0.3 is 10.6 Å². The number of carbonyl (C=O) groups is 2. The zero-order chi connectivity index (χ0) is 13.5. The maximum Gasteiger partial charge on any atom is 0.229 e. The van der Waals surface area contributed by atoms with Crippen LogP contribution in [-0.4, -0.2) is 17.9 Å². The predicted octanol–water partition coefficient (Wildman–Crippen LogP) is 1.53. The average molecular weight is 248 g/mol. The highest BCUT2D eigenvalue weighted by Gasteiger charge is 2.10. The highest BCUT2D eigenvalue weighted by atomic mass is 16.2. The van der Waals surface area contributed by atoms with Crippen LogP contribution in [0.2, 0.25) is 0 Å². The lowest BCUT2D eigenvalue weighted by Gasteiger charge is -2.09. The van der Waals surface area contributed by atoms with Crippen LogP contribution in [0.4, 0.5) is 0 Å². The molecule has 0 aliphatic carbocycles. The van der Waals surface area contributed by atoms with Gasteiger partial charge in [0.25, 0.3) is 0 Å². The minimum Gasteiger partial charge on any atom is -0.353 e. The first-order valence-electron chi connectivity index (χ1n) is 6.09. The van der Waals surface area contributed by atoms with Crippen LogP contribution in [0.1, 0.15) is 31.4 Å². The number of aryl methyl sites for hydroxylation is 1. The second-order valence-electron chi connectivity index (χ2n) is 4.60. The van der Waals surface area contributed by atoms with Gasteiger partial charge in [0.1, 0.15) is 6.42 Å². The largest absolute Gasteiger partial charge is 0.353 e. The molecule has 4 heteroatoms. The van der Waals surface area contributed by atoms with E-state index in [-0.39, 0.29) is 24.3 Å². The van der Waals surface area contributed by atoms with Crippen molar-refractivity contribution in [3.63, 3.8) is 0 Å². The Morgan fingerprint density at radius 1 is 1.17 bits per heavy atom. The Hall–Kier alpha value is -1.84. The fourth-order valence-corrected chi connectivity index (χ4v) is 1.58. The van der Waals surface area contributed by atoms with Crippen LogP contribution in [0.15, 0.2) is 24.3 Å². The van der Waals surface area contributed by atoms with Crippen LogP contribution in [0.25, 0.3) is 0 Å². The molecule has 2 N–H and O–H groups in total. The van der Waals surface area contributed by atoms with Crippen LogP contribution in [0.3, 0.4) is 0 Å². The quantitative estimate of drug-likeness (QED) is 0.776. The number of carbonyl (C=O) groups excluding carboxylic acids is 2. The Labute approximate surface area is 108 Å². The van der Waals surface area contributed by atoms with Gasteiger partial charge in [0.05, 0.1) is 0 Å². The molecule has 0 unspecified atom stereocenters. The summed E-state index contributed by atoms with van der Waals surface area (Å²) in [6, 6.07) is 7.90. The molecule has 0 aliphatic heterocycles. The fourth-order valence-electron chi connectivity index (χ4n) is 1.58. The van der Waals surface area contributed by atoms with Crippen molar-refractivity contribution in [2.45, 2.75) is 39.8 Å². The van der Waals surface area contributed by atoms with Crippen molar-refractivity contribution in [3.8, 4) is 0 Å². The summed E-state index contributed by atoms with van der Waals surface area (Å²) in [4.78, 5) is 22.9. The van der Waals surface area contributed by atoms with Gasteiger partial charge in [0.2, 0.25) is 11.8 Å². The van der Waals surface area contributed by atoms with Gasteiger partial charge in [-0.25, -0.2) is 0 Å². The highest BCUT2D eigenvalue weighted by Crippen LogP contribution is 2.05. The van der Waals surface area contributed by atoms with Crippen LogP contribution >= 0.6 is 0 Å². The van der Waals surface area contributed by atoms with Crippen molar-refractivity contribution in [1.82, 2.24) is 10.6 Å². The van der Waals surface area contributed by atoms with E-state index < -0.39 is 0 Å². The lowest BCUT2D eigenvalue weighted by Crippen LogP contribution is -2.35. The number of hydrogen-bond acceptors (Lipinski definition) is 2. The van der Waals surface area contributed by atoms with E-state index in [2.05, 4.69) is 10.6 Å². The van der Waals surface area contributed by atoms with Gasteiger partial charge in [0.15, 0.2) is 0 Å². The van der Waals surface area contributed by atoms with Crippen molar-refractivity contribution >= 4 is 11.8 Å². The summed E-state index contributed by atoms with van der Waals surface area (Å²) in [5.41, 5.74) is 2.19. The van der Waals surface area contributed by atoms with E-state index in [1.165, 1.54) is 0 Å². The van der Waals surface area contributed by atoms with E-state index in [4.69, 9.17) is 0 Å². The summed E-state index contributed by atoms with van der Waals surface area (Å²) < 4.78 is 0. The number of benzene rings is 1. The first-order chi connectivity index (χ1) is 8.49. The normalized spacial score (nSPS) is 10.2. The number of nitrogens with one attached hydrogen (secondary N) is 2. The van der Waals surface area contributed by atoms with E-state index in [1.54, 1.807) is 0 Å². The van der Waals surface area contributed by atoms with Crippen molar-refractivity contribution in [2.24, 2.45) is 0 Å². The molecule has 0 atom stereocenters. The molecule has 0 bridgehead atoms. The van der Waals surface area contributed by atoms with Crippen LogP contribution < -0.4 is 10.6 Å². The Balaban J connectivity index is 2.38. The molecular weight excluding hydrogens is 228 g/mol. The van der Waals surface area contributed by atoms with Gasteiger partial charge in [-0.05, 0) is 31.9 Å². The molecule has 18 heavy (non-hydrogen) atoms. The Bertz CT molecular complexity index is 428. The molecule has 1 aromatic carbocycles. The Morgan fingerprint density at radius 2 is 1.83 bits per heavy atom. The highest BCUT2D eigenvalue weighted by molar-refractivity contribution is 5.96. The molecule has 1 rings (SSSR count). The molecule has 0 aliphatic rings. The molecule has 1 aromatic rings. The minimum absolute atomic E-state index is 0.0571. The molecule has 4 nitrogen and oxygen atoms in total. The lowest BCUT2D eigenvalue weighted by molar-refractivity contribution is -0.129. The monoisotopic (exact) mass is 248 g/mol. The number of rotatable bonds is 5. The van der Waals surface area contributed by atoms with Crippen LogP contribution in [0.5, 0.6) is 0 Å². The summed E-state index contributed by atoms with van der Waals surface area (Å²) in [5, 5.41) is 5.43. The molecule has 98 valence electrons. The molecular formula is C14H20N2O2. The predicted molar refractivity (Wildman–Crippen MR) is 70.9 cm³/mol. The maximum absolute atomic E-state index is 11.5. The van der Waals surface area contributed by atoms with E-state index >= 15 is 0 Å². The van der Waals surface area contributed by atoms with Crippen molar-refractivity contribution in [3.05, 3.63) is 35.4 Å². The fraction of sp³-hybridized carbons (Fsp3) is 0.429. The van der Waals surface area contributed by atoms with E-state index in [0.29, 0.717) is 6.54 Å². The van der Waals surface area contributed by atoms with Crippen molar-refractivity contribution in [2.75, 3.05) is 0 Å². The summed E-state index contributed by atoms with van der Waals surface area (Å²) in [5.74, 6) is -0.497. The summed E-state index contributed by atoms with van der Waals surface area (Å²) in [6.45, 7) is 6.18. The van der Waals surface area contributed by atoms with Gasteiger partial charge in [-0.1, -0.05) is 24.3 Å². The minimum atomic E-state index is -0.253. The number of amides is 2. The standard InChI is InChI=1S/C14H20N2O2/c1-10(2)16-14(18)8-13(17)15-9-12-7-5-4-6-11(12)3/h4-7,10H,8-9H2,1-3H3,(H,15,17)(H,16,18). The average Bonchev–Trinajstić information content (AvgIpc) is 2.26. The maximum atomic E-state index is 11.5. The van der Waals surface area contributed by atoms with E-state index in [1.807, 2.05) is 45.0 Å². The molecule has 0 saturated heterocycles. The topological polar surface area (TPSA) is 58.2 Å². The molecule has 0 aromatic heterocycles. The zero-order valence-corrected chi connectivity index (χ0v) is 11.1. The van der Waals surface area contributed by atoms with Gasteiger partial charge in [-0.2, -0.15) is 0 Å². The van der Waals surface area contributed by atoms with E-state index in [0.717, 1.165) is 11.1 Å². The molecule has 0 heterocycles. The van der Waals surface area contributed by atoms with Crippen molar-refractivity contribution < 1.29 is 9.59 Å². The van der Waals surface area contributed by atoms with Crippen LogP contribution in [0, 0.1) is 6.92 Å². The third kappa shape index (κ3) is 4.99. The SMILES string of the molecule is Cc1ccccc1CNC(=O)CC(=O)NC(C)C. The second kappa shape index (κ2) is 6.79. The van der Waals surface area contributed by atoms with Crippen molar-refractivity contribution in [1.29, 1.82) is 0 Å². The Kier molecular flexibility index (Phi) is 5.36. The summed E-state index contributed by atoms with van der Waals surface area (Å²) >= 11 is 0. The lowest BCUT2D eigenvalue weighted by atomic mass is 10.1. The van der Waals surface area contributed by atoms with Gasteiger partial charge in [0, 0.05) is 12.6 Å². The molecule has 0 spiro atoms. The van der Waals surface area contributed by atoms with Crippen LogP contribution in [-0.2, 0) is 16.1 Å². The molecule has 0 fully saturated rings. The first-order valence-corrected chi connectivity index (χ1v) is 6.09. The molecule has 0 radical (unpaired) electrons. The van der Waals surface area contributed by atoms with Gasteiger partial charge in [-0.3, -0.25) is 9.59 Å². The smallest absolute Gasteiger partial charge is 0.229 e. The second-order valence-corrected chi connectivity index (χ2v) is 4.60. The summed E-state index contributed by atoms with van der Waals surface area (Å²) in [7, 11) is 0. The summed E-state index contributed by atoms with van der Waals surface area (Å²) in [6.07, 6.45) is -0.121.